The molecule has 18 heavy (non-hydrogen) atoms. The maximum absolute atomic E-state index is 4.20. The third kappa shape index (κ3) is 3.53. The van der Waals surface area contributed by atoms with Crippen LogP contribution in [0.1, 0.15) is 32.6 Å². The van der Waals surface area contributed by atoms with Gasteiger partial charge in [-0.05, 0) is 38.1 Å². The summed E-state index contributed by atoms with van der Waals surface area (Å²) < 4.78 is 2.01. The molecule has 2 aromatic rings. The number of nitrogens with one attached hydrogen (secondary N) is 1. The monoisotopic (exact) mass is 246 g/mol. The number of nitrogens with zero attached hydrogens (tertiary/aromatic N) is 3. The number of hydrogen-bond acceptors (Lipinski definition) is 3. The molecular weight excluding hydrogens is 224 g/mol. The van der Waals surface area contributed by atoms with Crippen LogP contribution in [0.3, 0.4) is 0 Å². The fourth-order valence-electron chi connectivity index (χ4n) is 2.12. The summed E-state index contributed by atoms with van der Waals surface area (Å²) >= 11 is 0. The van der Waals surface area contributed by atoms with Crippen molar-refractivity contribution in [2.24, 2.45) is 0 Å². The number of para-hydroxylation sites is 1. The second kappa shape index (κ2) is 7.11. The molecule has 4 heteroatoms. The van der Waals surface area contributed by atoms with Crippen LogP contribution in [0.2, 0.25) is 0 Å². The van der Waals surface area contributed by atoms with Crippen LogP contribution < -0.4 is 5.32 Å². The second-order valence-corrected chi connectivity index (χ2v) is 4.57. The Hall–Kier alpha value is -1.42. The molecule has 0 saturated heterocycles. The summed E-state index contributed by atoms with van der Waals surface area (Å²) in [5.41, 5.74) is 2.13. The van der Waals surface area contributed by atoms with Crippen LogP contribution in [0.5, 0.6) is 0 Å². The van der Waals surface area contributed by atoms with Crippen LogP contribution in [0.25, 0.3) is 11.0 Å². The van der Waals surface area contributed by atoms with E-state index in [4.69, 9.17) is 0 Å². The van der Waals surface area contributed by atoms with Gasteiger partial charge < -0.3 is 5.32 Å². The Morgan fingerprint density at radius 1 is 1.11 bits per heavy atom. The van der Waals surface area contributed by atoms with Gasteiger partial charge in [0.15, 0.2) is 0 Å². The largest absolute Gasteiger partial charge is 0.317 e. The molecule has 0 spiro atoms. The molecule has 1 aromatic heterocycles. The molecule has 0 saturated carbocycles. The van der Waals surface area contributed by atoms with Crippen LogP contribution in [0.4, 0.5) is 0 Å². The van der Waals surface area contributed by atoms with Gasteiger partial charge in [0.1, 0.15) is 5.52 Å². The Morgan fingerprint density at radius 3 is 2.83 bits per heavy atom. The maximum atomic E-state index is 4.20. The highest BCUT2D eigenvalue weighted by molar-refractivity contribution is 5.73. The summed E-state index contributed by atoms with van der Waals surface area (Å²) in [5, 5.41) is 11.7. The zero-order valence-electron chi connectivity index (χ0n) is 11.1. The lowest BCUT2D eigenvalue weighted by Crippen LogP contribution is -2.13. The second-order valence-electron chi connectivity index (χ2n) is 4.57. The summed E-state index contributed by atoms with van der Waals surface area (Å²) in [6.07, 6.45) is 5.00. The lowest BCUT2D eigenvalue weighted by molar-refractivity contribution is 0.526. The summed E-state index contributed by atoms with van der Waals surface area (Å²) in [4.78, 5) is 0. The number of fused-ring (bicyclic) bond motifs is 1. The zero-order valence-corrected chi connectivity index (χ0v) is 11.1. The third-order valence-electron chi connectivity index (χ3n) is 3.14. The minimum Gasteiger partial charge on any atom is -0.317 e. The van der Waals surface area contributed by atoms with Crippen molar-refractivity contribution in [3.8, 4) is 0 Å². The van der Waals surface area contributed by atoms with Crippen LogP contribution in [-0.4, -0.2) is 28.1 Å². The highest BCUT2D eigenvalue weighted by atomic mass is 15.4. The molecule has 0 aliphatic rings. The van der Waals surface area contributed by atoms with Crippen molar-refractivity contribution in [2.45, 2.75) is 39.2 Å². The third-order valence-corrected chi connectivity index (χ3v) is 3.14. The smallest absolute Gasteiger partial charge is 0.113 e. The van der Waals surface area contributed by atoms with Crippen LogP contribution >= 0.6 is 0 Å². The summed E-state index contributed by atoms with van der Waals surface area (Å²) in [6, 6.07) is 8.14. The number of aromatic nitrogens is 3. The Balaban J connectivity index is 1.70. The molecule has 4 nitrogen and oxygen atoms in total. The van der Waals surface area contributed by atoms with Crippen molar-refractivity contribution in [2.75, 3.05) is 13.1 Å². The van der Waals surface area contributed by atoms with E-state index >= 15 is 0 Å². The van der Waals surface area contributed by atoms with Gasteiger partial charge in [0.25, 0.3) is 0 Å². The first-order chi connectivity index (χ1) is 8.92. The molecule has 1 N–H and O–H groups in total. The fraction of sp³-hybridized carbons (Fsp3) is 0.571. The van der Waals surface area contributed by atoms with Gasteiger partial charge in [-0.2, -0.15) is 0 Å². The maximum Gasteiger partial charge on any atom is 0.113 e. The van der Waals surface area contributed by atoms with E-state index in [1.54, 1.807) is 0 Å². The first-order valence-corrected chi connectivity index (χ1v) is 6.91. The molecule has 2 rings (SSSR count). The van der Waals surface area contributed by atoms with Crippen molar-refractivity contribution in [3.05, 3.63) is 24.3 Å². The van der Waals surface area contributed by atoms with Gasteiger partial charge in [0.2, 0.25) is 0 Å². The number of hydrogen-bond donors (Lipinski definition) is 1. The Bertz CT molecular complexity index is 464. The number of aryl methyl sites for hydroxylation is 1. The predicted molar refractivity (Wildman–Crippen MR) is 74.5 cm³/mol. The summed E-state index contributed by atoms with van der Waals surface area (Å²) in [5.74, 6) is 0. The molecule has 0 bridgehead atoms. The van der Waals surface area contributed by atoms with E-state index in [9.17, 15) is 0 Å². The van der Waals surface area contributed by atoms with Gasteiger partial charge in [0, 0.05) is 6.54 Å². The summed E-state index contributed by atoms with van der Waals surface area (Å²) in [7, 11) is 0. The van der Waals surface area contributed by atoms with E-state index in [1.807, 2.05) is 22.9 Å². The van der Waals surface area contributed by atoms with E-state index in [0.717, 1.165) is 30.7 Å². The Labute approximate surface area is 108 Å². The first-order valence-electron chi connectivity index (χ1n) is 6.91. The molecule has 1 aromatic carbocycles. The number of benzene rings is 1. The summed E-state index contributed by atoms with van der Waals surface area (Å²) in [6.45, 7) is 5.34. The van der Waals surface area contributed by atoms with Gasteiger partial charge in [-0.3, -0.25) is 0 Å². The average Bonchev–Trinajstić information content (AvgIpc) is 2.81. The van der Waals surface area contributed by atoms with Crippen molar-refractivity contribution in [1.82, 2.24) is 20.3 Å². The van der Waals surface area contributed by atoms with Crippen molar-refractivity contribution in [1.29, 1.82) is 0 Å². The molecule has 0 unspecified atom stereocenters. The van der Waals surface area contributed by atoms with Gasteiger partial charge in [-0.1, -0.05) is 37.1 Å². The normalized spacial score (nSPS) is 11.2. The van der Waals surface area contributed by atoms with Crippen molar-refractivity contribution >= 4 is 11.0 Å². The molecule has 0 fully saturated rings. The van der Waals surface area contributed by atoms with Crippen molar-refractivity contribution < 1.29 is 0 Å². The van der Waals surface area contributed by atoms with E-state index in [-0.39, 0.29) is 0 Å². The van der Waals surface area contributed by atoms with Gasteiger partial charge in [-0.15, -0.1) is 5.10 Å². The Kier molecular flexibility index (Phi) is 5.15. The minimum atomic E-state index is 0.974. The Morgan fingerprint density at radius 2 is 1.94 bits per heavy atom. The van der Waals surface area contributed by atoms with Crippen LogP contribution in [0.15, 0.2) is 24.3 Å². The average molecular weight is 246 g/mol. The highest BCUT2D eigenvalue weighted by Gasteiger charge is 2.02. The molecule has 0 aliphatic carbocycles. The van der Waals surface area contributed by atoms with E-state index in [0.29, 0.717) is 0 Å². The molecule has 1 heterocycles. The number of rotatable bonds is 8. The van der Waals surface area contributed by atoms with E-state index < -0.39 is 0 Å². The van der Waals surface area contributed by atoms with Crippen LogP contribution in [-0.2, 0) is 6.54 Å². The molecule has 0 aliphatic heterocycles. The topological polar surface area (TPSA) is 42.7 Å². The molecule has 0 amide bonds. The van der Waals surface area contributed by atoms with Crippen molar-refractivity contribution in [3.63, 3.8) is 0 Å². The van der Waals surface area contributed by atoms with Gasteiger partial charge in [-0.25, -0.2) is 4.68 Å². The molecule has 0 radical (unpaired) electrons. The SMILES string of the molecule is CCNCCCCCCn1nnc2ccccc21. The van der Waals surface area contributed by atoms with E-state index in [1.165, 1.54) is 25.7 Å². The lowest BCUT2D eigenvalue weighted by Gasteiger charge is -2.03. The minimum absolute atomic E-state index is 0.974. The quantitative estimate of drug-likeness (QED) is 0.728. The number of unbranched alkanes of at least 4 members (excludes halogenated alkanes) is 3. The molecular formula is C14H22N4. The lowest BCUT2D eigenvalue weighted by atomic mass is 10.2. The van der Waals surface area contributed by atoms with Crippen LogP contribution in [0, 0.1) is 0 Å². The van der Waals surface area contributed by atoms with Gasteiger partial charge >= 0.3 is 0 Å². The standard InChI is InChI=1S/C14H22N4/c1-2-15-11-7-3-4-8-12-18-14-10-6-5-9-13(14)16-17-18/h5-6,9-10,15H,2-4,7-8,11-12H2,1H3. The molecule has 98 valence electrons. The van der Waals surface area contributed by atoms with E-state index in [2.05, 4.69) is 28.6 Å². The molecule has 0 atom stereocenters. The highest BCUT2D eigenvalue weighted by Crippen LogP contribution is 2.11. The fourth-order valence-corrected chi connectivity index (χ4v) is 2.12. The zero-order chi connectivity index (χ0) is 12.6. The predicted octanol–water partition coefficient (Wildman–Crippen LogP) is 2.60. The first kappa shape index (κ1) is 13.0. The van der Waals surface area contributed by atoms with Gasteiger partial charge in [0.05, 0.1) is 5.52 Å².